The lowest BCUT2D eigenvalue weighted by molar-refractivity contribution is -0.131. The van der Waals surface area contributed by atoms with Gasteiger partial charge in [-0.1, -0.05) is 56.3 Å². The van der Waals surface area contributed by atoms with E-state index in [4.69, 9.17) is 5.21 Å². The molecule has 1 aromatic rings. The Bertz CT molecular complexity index is 438. The molecule has 1 amide bonds. The van der Waals surface area contributed by atoms with Crippen LogP contribution in [0.3, 0.4) is 0 Å². The fourth-order valence-electron chi connectivity index (χ4n) is 2.42. The van der Waals surface area contributed by atoms with Crippen molar-refractivity contribution in [2.45, 2.75) is 46.0 Å². The van der Waals surface area contributed by atoms with Gasteiger partial charge in [-0.15, -0.1) is 0 Å². The van der Waals surface area contributed by atoms with Crippen molar-refractivity contribution in [1.29, 1.82) is 0 Å². The maximum Gasteiger partial charge on any atom is 0.250 e. The number of rotatable bonds is 7. The van der Waals surface area contributed by atoms with Crippen LogP contribution in [0.4, 0.5) is 0 Å². The van der Waals surface area contributed by atoms with E-state index < -0.39 is 0 Å². The summed E-state index contributed by atoms with van der Waals surface area (Å²) in [4.78, 5) is 11.9. The highest BCUT2D eigenvalue weighted by atomic mass is 16.5. The molecule has 0 heterocycles. The highest BCUT2D eigenvalue weighted by molar-refractivity contribution is 5.82. The zero-order chi connectivity index (χ0) is 15.0. The van der Waals surface area contributed by atoms with E-state index >= 15 is 0 Å². The average Bonchev–Trinajstić information content (AvgIpc) is 2.45. The minimum atomic E-state index is -0.338. The number of allylic oxidation sites excluding steroid dienone is 2. The lowest BCUT2D eigenvalue weighted by Crippen LogP contribution is -2.30. The molecular weight excluding hydrogens is 250 g/mol. The Morgan fingerprint density at radius 3 is 2.55 bits per heavy atom. The summed E-state index contributed by atoms with van der Waals surface area (Å²) in [7, 11) is 0. The summed E-state index contributed by atoms with van der Waals surface area (Å²) in [6, 6.07) is 9.62. The lowest BCUT2D eigenvalue weighted by Gasteiger charge is -2.28. The summed E-state index contributed by atoms with van der Waals surface area (Å²) >= 11 is 0. The van der Waals surface area contributed by atoms with Crippen LogP contribution >= 0.6 is 0 Å². The Kier molecular flexibility index (Phi) is 6.46. The van der Waals surface area contributed by atoms with Crippen LogP contribution in [0, 0.1) is 5.41 Å². The number of hydrogen-bond acceptors (Lipinski definition) is 2. The van der Waals surface area contributed by atoms with Gasteiger partial charge < -0.3 is 0 Å². The minimum absolute atomic E-state index is 0.0343. The second-order valence-electron chi connectivity index (χ2n) is 5.92. The molecule has 0 spiro atoms. The molecule has 0 aromatic heterocycles. The van der Waals surface area contributed by atoms with Crippen LogP contribution < -0.4 is 5.48 Å². The third-order valence-corrected chi connectivity index (χ3v) is 3.61. The molecule has 1 atom stereocenters. The van der Waals surface area contributed by atoms with Crippen molar-refractivity contribution in [1.82, 2.24) is 5.48 Å². The summed E-state index contributed by atoms with van der Waals surface area (Å²) < 4.78 is 0. The predicted octanol–water partition coefficient (Wildman–Crippen LogP) is 4.05. The fraction of sp³-hybridized carbons (Fsp3) is 0.471. The van der Waals surface area contributed by atoms with E-state index in [0.29, 0.717) is 6.42 Å². The van der Waals surface area contributed by atoms with Crippen LogP contribution in [-0.2, 0) is 4.79 Å². The quantitative estimate of drug-likeness (QED) is 0.448. The van der Waals surface area contributed by atoms with Crippen molar-refractivity contribution in [2.75, 3.05) is 0 Å². The SMILES string of the molecule is C/C=C/CCC(C)(C)CC(C(=O)NO)c1ccccc1. The van der Waals surface area contributed by atoms with E-state index in [2.05, 4.69) is 19.9 Å². The molecule has 110 valence electrons. The van der Waals surface area contributed by atoms with Crippen molar-refractivity contribution >= 4 is 5.91 Å². The first kappa shape index (κ1) is 16.4. The maximum absolute atomic E-state index is 11.9. The Morgan fingerprint density at radius 2 is 2.00 bits per heavy atom. The number of nitrogens with one attached hydrogen (secondary N) is 1. The van der Waals surface area contributed by atoms with Gasteiger partial charge in [0.25, 0.3) is 5.91 Å². The van der Waals surface area contributed by atoms with Crippen LogP contribution in [0.5, 0.6) is 0 Å². The number of carbonyl (C=O) groups is 1. The number of benzene rings is 1. The lowest BCUT2D eigenvalue weighted by atomic mass is 9.76. The highest BCUT2D eigenvalue weighted by Gasteiger charge is 2.28. The first-order valence-corrected chi connectivity index (χ1v) is 7.10. The van der Waals surface area contributed by atoms with Crippen molar-refractivity contribution in [2.24, 2.45) is 5.41 Å². The molecule has 0 radical (unpaired) electrons. The smallest absolute Gasteiger partial charge is 0.250 e. The van der Waals surface area contributed by atoms with Gasteiger partial charge in [-0.3, -0.25) is 10.0 Å². The van der Waals surface area contributed by atoms with Gasteiger partial charge in [0, 0.05) is 0 Å². The van der Waals surface area contributed by atoms with E-state index in [9.17, 15) is 4.79 Å². The van der Waals surface area contributed by atoms with E-state index in [1.807, 2.05) is 43.3 Å². The molecule has 1 rings (SSSR count). The van der Waals surface area contributed by atoms with Gasteiger partial charge in [-0.25, -0.2) is 5.48 Å². The van der Waals surface area contributed by atoms with Crippen LogP contribution in [-0.4, -0.2) is 11.1 Å². The molecule has 0 fully saturated rings. The Balaban J connectivity index is 2.82. The molecule has 2 N–H and O–H groups in total. The van der Waals surface area contributed by atoms with E-state index in [1.54, 1.807) is 5.48 Å². The molecule has 0 aliphatic heterocycles. The van der Waals surface area contributed by atoms with Gasteiger partial charge in [-0.2, -0.15) is 0 Å². The summed E-state index contributed by atoms with van der Waals surface area (Å²) in [5, 5.41) is 8.97. The average molecular weight is 275 g/mol. The minimum Gasteiger partial charge on any atom is -0.289 e. The van der Waals surface area contributed by atoms with Crippen LogP contribution in [0.2, 0.25) is 0 Å². The summed E-state index contributed by atoms with van der Waals surface area (Å²) in [6.45, 7) is 6.34. The molecule has 20 heavy (non-hydrogen) atoms. The predicted molar refractivity (Wildman–Crippen MR) is 81.6 cm³/mol. The van der Waals surface area contributed by atoms with Gasteiger partial charge in [0.1, 0.15) is 0 Å². The van der Waals surface area contributed by atoms with Crippen molar-refractivity contribution in [3.8, 4) is 0 Å². The third kappa shape index (κ3) is 5.17. The molecule has 3 heteroatoms. The van der Waals surface area contributed by atoms with Crippen LogP contribution in [0.25, 0.3) is 0 Å². The van der Waals surface area contributed by atoms with Crippen LogP contribution in [0.1, 0.15) is 51.5 Å². The van der Waals surface area contributed by atoms with Gasteiger partial charge in [0.15, 0.2) is 0 Å². The molecule has 0 aliphatic carbocycles. The summed E-state index contributed by atoms with van der Waals surface area (Å²) in [5.74, 6) is -0.655. The fourth-order valence-corrected chi connectivity index (χ4v) is 2.42. The second kappa shape index (κ2) is 7.85. The summed E-state index contributed by atoms with van der Waals surface area (Å²) in [5.41, 5.74) is 2.78. The first-order chi connectivity index (χ1) is 9.50. The first-order valence-electron chi connectivity index (χ1n) is 7.10. The van der Waals surface area contributed by atoms with Gasteiger partial charge >= 0.3 is 0 Å². The van der Waals surface area contributed by atoms with Gasteiger partial charge in [0.2, 0.25) is 0 Å². The van der Waals surface area contributed by atoms with Gasteiger partial charge in [-0.05, 0) is 37.2 Å². The van der Waals surface area contributed by atoms with Crippen molar-refractivity contribution in [3.63, 3.8) is 0 Å². The largest absolute Gasteiger partial charge is 0.289 e. The monoisotopic (exact) mass is 275 g/mol. The molecule has 0 saturated carbocycles. The molecule has 0 aliphatic rings. The summed E-state index contributed by atoms with van der Waals surface area (Å²) in [6.07, 6.45) is 6.92. The molecular formula is C17H25NO2. The number of carbonyl (C=O) groups excluding carboxylic acids is 1. The zero-order valence-corrected chi connectivity index (χ0v) is 12.6. The maximum atomic E-state index is 11.9. The van der Waals surface area contributed by atoms with E-state index in [0.717, 1.165) is 18.4 Å². The molecule has 3 nitrogen and oxygen atoms in total. The second-order valence-corrected chi connectivity index (χ2v) is 5.92. The molecule has 1 aromatic carbocycles. The van der Waals surface area contributed by atoms with Crippen molar-refractivity contribution < 1.29 is 10.0 Å². The topological polar surface area (TPSA) is 49.3 Å². The normalized spacial score (nSPS) is 13.4. The van der Waals surface area contributed by atoms with Crippen LogP contribution in [0.15, 0.2) is 42.5 Å². The number of amides is 1. The Hall–Kier alpha value is -1.61. The van der Waals surface area contributed by atoms with E-state index in [1.165, 1.54) is 0 Å². The van der Waals surface area contributed by atoms with Gasteiger partial charge in [0.05, 0.1) is 5.92 Å². The Labute approximate surface area is 121 Å². The Morgan fingerprint density at radius 1 is 1.35 bits per heavy atom. The molecule has 1 unspecified atom stereocenters. The number of hydroxylamine groups is 1. The number of hydrogen-bond donors (Lipinski definition) is 2. The third-order valence-electron chi connectivity index (χ3n) is 3.61. The standard InChI is InChI=1S/C17H25NO2/c1-4-5-9-12-17(2,3)13-15(16(19)18-20)14-10-7-6-8-11-14/h4-8,10-11,15,20H,9,12-13H2,1-3H3,(H,18,19)/b5-4+. The molecule has 0 bridgehead atoms. The molecule has 0 saturated heterocycles. The van der Waals surface area contributed by atoms with E-state index in [-0.39, 0.29) is 17.2 Å². The van der Waals surface area contributed by atoms with Crippen molar-refractivity contribution in [3.05, 3.63) is 48.0 Å². The highest BCUT2D eigenvalue weighted by Crippen LogP contribution is 2.35. The zero-order valence-electron chi connectivity index (χ0n) is 12.6.